The van der Waals surface area contributed by atoms with E-state index in [0.29, 0.717) is 41.8 Å². The number of para-hydroxylation sites is 1. The minimum atomic E-state index is -1.04. The number of carbonyl (C=O) groups excluding carboxylic acids is 2. The van der Waals surface area contributed by atoms with Gasteiger partial charge in [-0.15, -0.1) is 11.3 Å². The molecule has 0 bridgehead atoms. The lowest BCUT2D eigenvalue weighted by atomic mass is 10.2. The van der Waals surface area contributed by atoms with Crippen molar-refractivity contribution in [3.8, 4) is 27.8 Å². The van der Waals surface area contributed by atoms with Crippen LogP contribution < -0.4 is 14.8 Å². The standard InChI is InChI=1S/C25H21N3O5S/c1-16(24(29)26-17-9-10-21-22(14-17)32-12-11-31-21)33-25(30)20-15-19(23-8-5-13-34-23)27-28(20)18-6-3-2-4-7-18/h2-10,13-16H,11-12H2,1H3,(H,26,29). The van der Waals surface area contributed by atoms with Crippen LogP contribution in [-0.4, -0.2) is 41.0 Å². The maximum Gasteiger partial charge on any atom is 0.357 e. The second kappa shape index (κ2) is 9.40. The third-order valence-electron chi connectivity index (χ3n) is 5.16. The molecule has 5 rings (SSSR count). The Labute approximate surface area is 199 Å². The summed E-state index contributed by atoms with van der Waals surface area (Å²) in [5.74, 6) is 0.0688. The Balaban J connectivity index is 1.33. The van der Waals surface area contributed by atoms with Gasteiger partial charge in [0, 0.05) is 17.8 Å². The molecular formula is C25H21N3O5S. The highest BCUT2D eigenvalue weighted by molar-refractivity contribution is 7.13. The van der Waals surface area contributed by atoms with Crippen LogP contribution in [0.2, 0.25) is 0 Å². The van der Waals surface area contributed by atoms with E-state index in [4.69, 9.17) is 14.2 Å². The van der Waals surface area contributed by atoms with Crippen molar-refractivity contribution in [2.45, 2.75) is 13.0 Å². The summed E-state index contributed by atoms with van der Waals surface area (Å²) in [7, 11) is 0. The van der Waals surface area contributed by atoms with Gasteiger partial charge in [0.1, 0.15) is 18.9 Å². The molecule has 0 spiro atoms. The number of rotatable bonds is 6. The lowest BCUT2D eigenvalue weighted by molar-refractivity contribution is -0.123. The highest BCUT2D eigenvalue weighted by Gasteiger charge is 2.24. The second-order valence-electron chi connectivity index (χ2n) is 7.53. The molecule has 8 nitrogen and oxygen atoms in total. The molecule has 34 heavy (non-hydrogen) atoms. The molecule has 0 saturated heterocycles. The molecule has 2 aromatic heterocycles. The van der Waals surface area contributed by atoms with Gasteiger partial charge < -0.3 is 19.5 Å². The molecule has 0 radical (unpaired) electrons. The Hall–Kier alpha value is -4.11. The van der Waals surface area contributed by atoms with E-state index in [2.05, 4.69) is 10.4 Å². The number of benzene rings is 2. The Morgan fingerprint density at radius 1 is 1.03 bits per heavy atom. The number of hydrogen-bond acceptors (Lipinski definition) is 7. The van der Waals surface area contributed by atoms with Crippen LogP contribution in [-0.2, 0) is 9.53 Å². The summed E-state index contributed by atoms with van der Waals surface area (Å²) in [4.78, 5) is 26.7. The Bertz CT molecular complexity index is 1320. The predicted molar refractivity (Wildman–Crippen MR) is 128 cm³/mol. The van der Waals surface area contributed by atoms with Gasteiger partial charge in [-0.05, 0) is 42.6 Å². The van der Waals surface area contributed by atoms with E-state index in [0.717, 1.165) is 4.88 Å². The first-order valence-corrected chi connectivity index (χ1v) is 11.6. The molecule has 1 N–H and O–H groups in total. The average molecular weight is 476 g/mol. The highest BCUT2D eigenvalue weighted by atomic mass is 32.1. The summed E-state index contributed by atoms with van der Waals surface area (Å²) in [5, 5.41) is 9.30. The van der Waals surface area contributed by atoms with E-state index >= 15 is 0 Å². The first kappa shape index (κ1) is 21.7. The van der Waals surface area contributed by atoms with E-state index in [9.17, 15) is 9.59 Å². The fourth-order valence-corrected chi connectivity index (χ4v) is 4.16. The van der Waals surface area contributed by atoms with Crippen molar-refractivity contribution in [3.05, 3.63) is 77.8 Å². The molecule has 1 aliphatic rings. The average Bonchev–Trinajstić information content (AvgIpc) is 3.55. The van der Waals surface area contributed by atoms with Crippen molar-refractivity contribution >= 4 is 28.9 Å². The molecular weight excluding hydrogens is 454 g/mol. The predicted octanol–water partition coefficient (Wildman–Crippen LogP) is 4.56. The number of fused-ring (bicyclic) bond motifs is 1. The SMILES string of the molecule is CC(OC(=O)c1cc(-c2cccs2)nn1-c1ccccc1)C(=O)Nc1ccc2c(c1)OCCO2. The second-order valence-corrected chi connectivity index (χ2v) is 8.48. The third kappa shape index (κ3) is 4.51. The lowest BCUT2D eigenvalue weighted by Crippen LogP contribution is -2.30. The fraction of sp³-hybridized carbons (Fsp3) is 0.160. The lowest BCUT2D eigenvalue weighted by Gasteiger charge is -2.19. The quantitative estimate of drug-likeness (QED) is 0.411. The first-order valence-electron chi connectivity index (χ1n) is 10.7. The van der Waals surface area contributed by atoms with Crippen LogP contribution in [0, 0.1) is 0 Å². The Morgan fingerprint density at radius 3 is 2.59 bits per heavy atom. The summed E-state index contributed by atoms with van der Waals surface area (Å²) in [6.07, 6.45) is -1.04. The van der Waals surface area contributed by atoms with Crippen LogP contribution in [0.25, 0.3) is 16.3 Å². The van der Waals surface area contributed by atoms with Gasteiger partial charge in [0.2, 0.25) is 0 Å². The van der Waals surface area contributed by atoms with Gasteiger partial charge >= 0.3 is 5.97 Å². The number of esters is 1. The van der Waals surface area contributed by atoms with Gasteiger partial charge in [-0.2, -0.15) is 5.10 Å². The highest BCUT2D eigenvalue weighted by Crippen LogP contribution is 2.32. The molecule has 3 heterocycles. The van der Waals surface area contributed by atoms with E-state index in [1.165, 1.54) is 22.9 Å². The van der Waals surface area contributed by atoms with Crippen molar-refractivity contribution in [2.24, 2.45) is 0 Å². The summed E-state index contributed by atoms with van der Waals surface area (Å²) < 4.78 is 18.1. The molecule has 1 unspecified atom stereocenters. The van der Waals surface area contributed by atoms with Gasteiger partial charge in [0.15, 0.2) is 23.3 Å². The molecule has 1 aliphatic heterocycles. The van der Waals surface area contributed by atoms with Crippen molar-refractivity contribution in [1.29, 1.82) is 0 Å². The monoisotopic (exact) mass is 475 g/mol. The summed E-state index contributed by atoms with van der Waals surface area (Å²) in [6, 6.07) is 19.9. The van der Waals surface area contributed by atoms with Crippen LogP contribution in [0.3, 0.4) is 0 Å². The number of aromatic nitrogens is 2. The maximum absolute atomic E-state index is 13.1. The number of hydrogen-bond donors (Lipinski definition) is 1. The van der Waals surface area contributed by atoms with E-state index in [-0.39, 0.29) is 5.69 Å². The number of anilines is 1. The zero-order valence-corrected chi connectivity index (χ0v) is 19.1. The smallest absolute Gasteiger partial charge is 0.357 e. The van der Waals surface area contributed by atoms with Gasteiger partial charge in [-0.3, -0.25) is 4.79 Å². The van der Waals surface area contributed by atoms with E-state index in [1.54, 1.807) is 24.3 Å². The van der Waals surface area contributed by atoms with Crippen molar-refractivity contribution in [1.82, 2.24) is 9.78 Å². The molecule has 2 aromatic carbocycles. The van der Waals surface area contributed by atoms with Crippen LogP contribution in [0.1, 0.15) is 17.4 Å². The van der Waals surface area contributed by atoms with Crippen molar-refractivity contribution < 1.29 is 23.8 Å². The number of carbonyl (C=O) groups is 2. The van der Waals surface area contributed by atoms with Crippen molar-refractivity contribution in [2.75, 3.05) is 18.5 Å². The first-order chi connectivity index (χ1) is 16.6. The topological polar surface area (TPSA) is 91.7 Å². The number of nitrogens with one attached hydrogen (secondary N) is 1. The molecule has 172 valence electrons. The summed E-state index contributed by atoms with van der Waals surface area (Å²) in [5.41, 5.74) is 2.12. The molecule has 4 aromatic rings. The number of ether oxygens (including phenoxy) is 3. The van der Waals surface area contributed by atoms with Crippen LogP contribution in [0.5, 0.6) is 11.5 Å². The fourth-order valence-electron chi connectivity index (χ4n) is 3.48. The van der Waals surface area contributed by atoms with Crippen LogP contribution in [0.4, 0.5) is 5.69 Å². The molecule has 0 aliphatic carbocycles. The Morgan fingerprint density at radius 2 is 1.82 bits per heavy atom. The summed E-state index contributed by atoms with van der Waals surface area (Å²) in [6.45, 7) is 2.45. The van der Waals surface area contributed by atoms with Crippen molar-refractivity contribution in [3.63, 3.8) is 0 Å². The number of nitrogens with zero attached hydrogens (tertiary/aromatic N) is 2. The van der Waals surface area contributed by atoms with Gasteiger partial charge in [-0.1, -0.05) is 24.3 Å². The van der Waals surface area contributed by atoms with E-state index in [1.807, 2.05) is 47.8 Å². The van der Waals surface area contributed by atoms with E-state index < -0.39 is 18.0 Å². The number of amides is 1. The molecule has 0 saturated carbocycles. The molecule has 9 heteroatoms. The third-order valence-corrected chi connectivity index (χ3v) is 6.05. The zero-order valence-electron chi connectivity index (χ0n) is 18.3. The van der Waals surface area contributed by atoms with Gasteiger partial charge in [0.25, 0.3) is 5.91 Å². The van der Waals surface area contributed by atoms with Crippen LogP contribution in [0.15, 0.2) is 72.1 Å². The van der Waals surface area contributed by atoms with Crippen LogP contribution >= 0.6 is 11.3 Å². The molecule has 1 atom stereocenters. The molecule has 0 fully saturated rings. The number of thiophene rings is 1. The Kier molecular flexibility index (Phi) is 6.01. The summed E-state index contributed by atoms with van der Waals surface area (Å²) >= 11 is 1.52. The maximum atomic E-state index is 13.1. The largest absolute Gasteiger partial charge is 0.486 e. The normalized spacial score (nSPS) is 13.2. The minimum Gasteiger partial charge on any atom is -0.486 e. The zero-order chi connectivity index (χ0) is 23.5. The van der Waals surface area contributed by atoms with Gasteiger partial charge in [-0.25, -0.2) is 9.48 Å². The van der Waals surface area contributed by atoms with Gasteiger partial charge in [0.05, 0.1) is 10.6 Å². The molecule has 1 amide bonds. The minimum absolute atomic E-state index is 0.230.